The molecule has 1 aliphatic rings. The monoisotopic (exact) mass is 366 g/mol. The van der Waals surface area contributed by atoms with E-state index in [1.165, 1.54) is 18.1 Å². The fourth-order valence-electron chi connectivity index (χ4n) is 3.18. The van der Waals surface area contributed by atoms with E-state index in [2.05, 4.69) is 46.7 Å². The number of urea groups is 1. The van der Waals surface area contributed by atoms with Gasteiger partial charge in [0.2, 0.25) is 5.91 Å². The number of rotatable bonds is 4. The number of hydrogen-bond donors (Lipinski definition) is 2. The molecule has 0 saturated carbocycles. The van der Waals surface area contributed by atoms with Crippen LogP contribution in [0.4, 0.5) is 16.2 Å². The highest BCUT2D eigenvalue weighted by Gasteiger charge is 2.21. The zero-order valence-electron chi connectivity index (χ0n) is 15.9. The van der Waals surface area contributed by atoms with Crippen molar-refractivity contribution in [3.05, 3.63) is 59.7 Å². The van der Waals surface area contributed by atoms with Gasteiger partial charge in [0, 0.05) is 51.0 Å². The SMILES string of the molecule is CC(=O)Nc1ccc(NC(=O)N2CCN(Cc3ccccc3C)CC2)cc1. The van der Waals surface area contributed by atoms with Gasteiger partial charge in [-0.2, -0.15) is 0 Å². The molecule has 1 saturated heterocycles. The molecule has 0 aromatic heterocycles. The summed E-state index contributed by atoms with van der Waals surface area (Å²) in [4.78, 5) is 27.8. The highest BCUT2D eigenvalue weighted by atomic mass is 16.2. The van der Waals surface area contributed by atoms with Crippen LogP contribution in [0.5, 0.6) is 0 Å². The predicted molar refractivity (Wildman–Crippen MR) is 108 cm³/mol. The zero-order valence-corrected chi connectivity index (χ0v) is 15.9. The number of amides is 3. The molecule has 3 amide bonds. The Bertz CT molecular complexity index is 796. The first-order valence-electron chi connectivity index (χ1n) is 9.22. The first-order valence-corrected chi connectivity index (χ1v) is 9.22. The molecule has 1 heterocycles. The summed E-state index contributed by atoms with van der Waals surface area (Å²) in [5.74, 6) is -0.115. The molecule has 27 heavy (non-hydrogen) atoms. The van der Waals surface area contributed by atoms with Crippen LogP contribution in [0.25, 0.3) is 0 Å². The van der Waals surface area contributed by atoms with Crippen LogP contribution in [-0.4, -0.2) is 47.9 Å². The Kier molecular flexibility index (Phi) is 6.08. The number of aryl methyl sites for hydroxylation is 1. The lowest BCUT2D eigenvalue weighted by Crippen LogP contribution is -2.49. The smallest absolute Gasteiger partial charge is 0.321 e. The van der Waals surface area contributed by atoms with E-state index < -0.39 is 0 Å². The van der Waals surface area contributed by atoms with E-state index in [0.29, 0.717) is 18.8 Å². The molecule has 0 aliphatic carbocycles. The fourth-order valence-corrected chi connectivity index (χ4v) is 3.18. The third-order valence-corrected chi connectivity index (χ3v) is 4.77. The molecule has 6 heteroatoms. The van der Waals surface area contributed by atoms with Gasteiger partial charge < -0.3 is 15.5 Å². The number of nitrogens with zero attached hydrogens (tertiary/aromatic N) is 2. The molecule has 0 spiro atoms. The van der Waals surface area contributed by atoms with Crippen LogP contribution >= 0.6 is 0 Å². The number of nitrogens with one attached hydrogen (secondary N) is 2. The number of hydrogen-bond acceptors (Lipinski definition) is 3. The van der Waals surface area contributed by atoms with Crippen LogP contribution in [0.1, 0.15) is 18.1 Å². The third-order valence-electron chi connectivity index (χ3n) is 4.77. The lowest BCUT2D eigenvalue weighted by atomic mass is 10.1. The van der Waals surface area contributed by atoms with Gasteiger partial charge in [0.05, 0.1) is 0 Å². The number of benzene rings is 2. The van der Waals surface area contributed by atoms with Gasteiger partial charge in [0.1, 0.15) is 0 Å². The van der Waals surface area contributed by atoms with Crippen LogP contribution in [0.2, 0.25) is 0 Å². The van der Waals surface area contributed by atoms with Crippen molar-refractivity contribution >= 4 is 23.3 Å². The molecule has 142 valence electrons. The molecule has 0 radical (unpaired) electrons. The molecule has 0 unspecified atom stereocenters. The summed E-state index contributed by atoms with van der Waals surface area (Å²) in [5.41, 5.74) is 4.08. The van der Waals surface area contributed by atoms with Gasteiger partial charge in [-0.05, 0) is 42.3 Å². The maximum atomic E-state index is 12.5. The van der Waals surface area contributed by atoms with Gasteiger partial charge >= 0.3 is 6.03 Å². The molecular formula is C21H26N4O2. The summed E-state index contributed by atoms with van der Waals surface area (Å²) in [6.07, 6.45) is 0. The summed E-state index contributed by atoms with van der Waals surface area (Å²) < 4.78 is 0. The van der Waals surface area contributed by atoms with Crippen molar-refractivity contribution in [1.82, 2.24) is 9.80 Å². The van der Waals surface area contributed by atoms with Crippen molar-refractivity contribution in [3.8, 4) is 0 Å². The van der Waals surface area contributed by atoms with E-state index >= 15 is 0 Å². The summed E-state index contributed by atoms with van der Waals surface area (Å²) in [6.45, 7) is 7.67. The second kappa shape index (κ2) is 8.68. The Morgan fingerprint density at radius 1 is 0.889 bits per heavy atom. The summed E-state index contributed by atoms with van der Waals surface area (Å²) in [6, 6.07) is 15.5. The minimum absolute atomic E-state index is 0.0854. The van der Waals surface area contributed by atoms with Gasteiger partial charge in [-0.1, -0.05) is 24.3 Å². The molecule has 1 fully saturated rings. The molecule has 3 rings (SSSR count). The first-order chi connectivity index (χ1) is 13.0. The zero-order chi connectivity index (χ0) is 19.2. The van der Waals surface area contributed by atoms with Crippen LogP contribution in [0.3, 0.4) is 0 Å². The Hall–Kier alpha value is -2.86. The Balaban J connectivity index is 1.48. The van der Waals surface area contributed by atoms with Crippen molar-refractivity contribution < 1.29 is 9.59 Å². The predicted octanol–water partition coefficient (Wildman–Crippen LogP) is 3.30. The largest absolute Gasteiger partial charge is 0.326 e. The van der Waals surface area contributed by atoms with E-state index in [-0.39, 0.29) is 11.9 Å². The summed E-state index contributed by atoms with van der Waals surface area (Å²) in [7, 11) is 0. The molecule has 2 aromatic rings. The minimum atomic E-state index is -0.115. The van der Waals surface area contributed by atoms with Gasteiger partial charge in [0.15, 0.2) is 0 Å². The highest BCUT2D eigenvalue weighted by molar-refractivity contribution is 5.91. The van der Waals surface area contributed by atoms with E-state index in [0.717, 1.165) is 25.3 Å². The van der Waals surface area contributed by atoms with Crippen LogP contribution in [-0.2, 0) is 11.3 Å². The molecule has 0 atom stereocenters. The number of piperazine rings is 1. The van der Waals surface area contributed by atoms with E-state index in [1.54, 1.807) is 24.3 Å². The van der Waals surface area contributed by atoms with Crippen LogP contribution < -0.4 is 10.6 Å². The Morgan fingerprint density at radius 3 is 2.07 bits per heavy atom. The van der Waals surface area contributed by atoms with Crippen LogP contribution in [0.15, 0.2) is 48.5 Å². The van der Waals surface area contributed by atoms with Crippen molar-refractivity contribution in [3.63, 3.8) is 0 Å². The molecular weight excluding hydrogens is 340 g/mol. The second-order valence-electron chi connectivity index (χ2n) is 6.88. The number of anilines is 2. The van der Waals surface area contributed by atoms with Gasteiger partial charge in [-0.15, -0.1) is 0 Å². The van der Waals surface area contributed by atoms with Crippen molar-refractivity contribution in [2.75, 3.05) is 36.8 Å². The normalized spacial score (nSPS) is 14.7. The quantitative estimate of drug-likeness (QED) is 0.873. The highest BCUT2D eigenvalue weighted by Crippen LogP contribution is 2.16. The Morgan fingerprint density at radius 2 is 1.48 bits per heavy atom. The van der Waals surface area contributed by atoms with E-state index in [4.69, 9.17) is 0 Å². The molecule has 6 nitrogen and oxygen atoms in total. The van der Waals surface area contributed by atoms with Gasteiger partial charge in [0.25, 0.3) is 0 Å². The maximum Gasteiger partial charge on any atom is 0.321 e. The number of carbonyl (C=O) groups excluding carboxylic acids is 2. The molecule has 2 N–H and O–H groups in total. The minimum Gasteiger partial charge on any atom is -0.326 e. The van der Waals surface area contributed by atoms with Crippen molar-refractivity contribution in [1.29, 1.82) is 0 Å². The number of carbonyl (C=O) groups is 2. The standard InChI is InChI=1S/C21H26N4O2/c1-16-5-3-4-6-18(16)15-24-11-13-25(14-12-24)21(27)23-20-9-7-19(8-10-20)22-17(2)26/h3-10H,11-15H2,1-2H3,(H,22,26)(H,23,27). The Labute approximate surface area is 160 Å². The first kappa shape index (κ1) is 18.9. The van der Waals surface area contributed by atoms with E-state index in [9.17, 15) is 9.59 Å². The van der Waals surface area contributed by atoms with Crippen molar-refractivity contribution in [2.24, 2.45) is 0 Å². The fraction of sp³-hybridized carbons (Fsp3) is 0.333. The average molecular weight is 366 g/mol. The van der Waals surface area contributed by atoms with E-state index in [1.807, 2.05) is 4.90 Å². The average Bonchev–Trinajstić information content (AvgIpc) is 2.65. The summed E-state index contributed by atoms with van der Waals surface area (Å²) in [5, 5.41) is 5.63. The van der Waals surface area contributed by atoms with Crippen molar-refractivity contribution in [2.45, 2.75) is 20.4 Å². The maximum absolute atomic E-state index is 12.5. The van der Waals surface area contributed by atoms with Gasteiger partial charge in [-0.25, -0.2) is 4.79 Å². The second-order valence-corrected chi connectivity index (χ2v) is 6.88. The molecule has 0 bridgehead atoms. The lowest BCUT2D eigenvalue weighted by Gasteiger charge is -2.35. The lowest BCUT2D eigenvalue weighted by molar-refractivity contribution is -0.114. The molecule has 1 aliphatic heterocycles. The van der Waals surface area contributed by atoms with Crippen LogP contribution in [0, 0.1) is 6.92 Å². The molecule has 2 aromatic carbocycles. The topological polar surface area (TPSA) is 64.7 Å². The summed E-state index contributed by atoms with van der Waals surface area (Å²) >= 11 is 0. The third kappa shape index (κ3) is 5.31. The van der Waals surface area contributed by atoms with Gasteiger partial charge in [-0.3, -0.25) is 9.69 Å².